The second-order valence-electron chi connectivity index (χ2n) is 6.11. The molecule has 2 aromatic carbocycles. The number of carboxylic acids is 1. The van der Waals surface area contributed by atoms with Gasteiger partial charge >= 0.3 is 5.97 Å². The molecule has 3 atom stereocenters. The van der Waals surface area contributed by atoms with Crippen LogP contribution in [0.1, 0.15) is 39.9 Å². The minimum Gasteiger partial charge on any atom is -0.478 e. The van der Waals surface area contributed by atoms with Crippen molar-refractivity contribution >= 4 is 11.7 Å². The van der Waals surface area contributed by atoms with Crippen molar-refractivity contribution in [1.82, 2.24) is 0 Å². The number of para-hydroxylation sites is 1. The van der Waals surface area contributed by atoms with E-state index in [9.17, 15) is 9.18 Å². The Balaban J connectivity index is 1.75. The molecule has 0 saturated heterocycles. The Morgan fingerprint density at radius 2 is 1.96 bits per heavy atom. The summed E-state index contributed by atoms with van der Waals surface area (Å²) in [6, 6.07) is 12.0. The number of fused-ring (bicyclic) bond motifs is 3. The highest BCUT2D eigenvalue weighted by atomic mass is 19.1. The van der Waals surface area contributed by atoms with Gasteiger partial charge in [0.25, 0.3) is 0 Å². The molecule has 3 nitrogen and oxygen atoms in total. The maximum absolute atomic E-state index is 14.2. The molecule has 0 radical (unpaired) electrons. The van der Waals surface area contributed by atoms with Crippen LogP contribution in [0.15, 0.2) is 54.6 Å². The molecule has 0 saturated carbocycles. The van der Waals surface area contributed by atoms with E-state index >= 15 is 0 Å². The van der Waals surface area contributed by atoms with Gasteiger partial charge in [0.2, 0.25) is 0 Å². The molecule has 0 bridgehead atoms. The van der Waals surface area contributed by atoms with Crippen molar-refractivity contribution in [1.29, 1.82) is 0 Å². The predicted octanol–water partition coefficient (Wildman–Crippen LogP) is 4.35. The van der Waals surface area contributed by atoms with Crippen molar-refractivity contribution in [3.63, 3.8) is 0 Å². The summed E-state index contributed by atoms with van der Waals surface area (Å²) in [5.74, 6) is -0.663. The number of benzene rings is 2. The first-order valence-electron chi connectivity index (χ1n) is 7.70. The van der Waals surface area contributed by atoms with Gasteiger partial charge in [-0.3, -0.25) is 0 Å². The zero-order chi connectivity index (χ0) is 16.0. The van der Waals surface area contributed by atoms with Gasteiger partial charge in [0, 0.05) is 5.92 Å². The van der Waals surface area contributed by atoms with Gasteiger partial charge in [-0.15, -0.1) is 0 Å². The lowest BCUT2D eigenvalue weighted by Crippen LogP contribution is -2.29. The van der Waals surface area contributed by atoms with Crippen LogP contribution in [0, 0.1) is 11.7 Å². The molecular weight excluding hydrogens is 293 g/mol. The summed E-state index contributed by atoms with van der Waals surface area (Å²) in [5.41, 5.74) is 2.81. The van der Waals surface area contributed by atoms with Gasteiger partial charge in [-0.2, -0.15) is 0 Å². The first-order valence-corrected chi connectivity index (χ1v) is 7.70. The Kier molecular flexibility index (Phi) is 3.18. The molecule has 0 spiro atoms. The lowest BCUT2D eigenvalue weighted by molar-refractivity contribution is 0.0697. The van der Waals surface area contributed by atoms with Gasteiger partial charge in [-0.25, -0.2) is 9.18 Å². The highest BCUT2D eigenvalue weighted by Crippen LogP contribution is 2.50. The number of hydrogen-bond acceptors (Lipinski definition) is 2. The first kappa shape index (κ1) is 14.0. The number of aromatic carboxylic acids is 1. The number of halogens is 1. The lowest BCUT2D eigenvalue weighted by Gasteiger charge is -2.37. The van der Waals surface area contributed by atoms with Crippen LogP contribution in [0.4, 0.5) is 10.1 Å². The van der Waals surface area contributed by atoms with E-state index in [1.807, 2.05) is 18.2 Å². The number of nitrogens with one attached hydrogen (secondary N) is 1. The average Bonchev–Trinajstić information content (AvgIpc) is 3.04. The van der Waals surface area contributed by atoms with E-state index in [1.54, 1.807) is 18.2 Å². The topological polar surface area (TPSA) is 49.3 Å². The molecule has 0 aromatic heterocycles. The fourth-order valence-electron chi connectivity index (χ4n) is 3.75. The normalized spacial score (nSPS) is 24.7. The molecule has 2 N–H and O–H groups in total. The molecule has 1 aliphatic heterocycles. The van der Waals surface area contributed by atoms with E-state index in [1.165, 1.54) is 6.07 Å². The van der Waals surface area contributed by atoms with Crippen LogP contribution in [0.25, 0.3) is 0 Å². The quantitative estimate of drug-likeness (QED) is 0.811. The maximum atomic E-state index is 14.2. The summed E-state index contributed by atoms with van der Waals surface area (Å²) in [5, 5.41) is 12.4. The molecule has 4 rings (SSSR count). The van der Waals surface area contributed by atoms with E-state index < -0.39 is 5.97 Å². The monoisotopic (exact) mass is 309 g/mol. The van der Waals surface area contributed by atoms with Gasteiger partial charge in [0.15, 0.2) is 0 Å². The van der Waals surface area contributed by atoms with E-state index in [0.29, 0.717) is 11.6 Å². The number of anilines is 1. The average molecular weight is 309 g/mol. The summed E-state index contributed by atoms with van der Waals surface area (Å²) >= 11 is 0. The van der Waals surface area contributed by atoms with Crippen LogP contribution in [0.5, 0.6) is 0 Å². The number of hydrogen-bond donors (Lipinski definition) is 2. The zero-order valence-electron chi connectivity index (χ0n) is 12.4. The van der Waals surface area contributed by atoms with Crippen molar-refractivity contribution in [2.45, 2.75) is 18.4 Å². The van der Waals surface area contributed by atoms with Crippen LogP contribution in [-0.2, 0) is 0 Å². The van der Waals surface area contributed by atoms with Crippen LogP contribution >= 0.6 is 0 Å². The molecular formula is C19H16FNO2. The Bertz CT molecular complexity index is 798. The number of allylic oxidation sites excluding steroid dienone is 2. The van der Waals surface area contributed by atoms with E-state index in [0.717, 1.165) is 17.5 Å². The number of carbonyl (C=O) groups is 1. The van der Waals surface area contributed by atoms with E-state index in [2.05, 4.69) is 17.5 Å². The van der Waals surface area contributed by atoms with Crippen LogP contribution < -0.4 is 5.32 Å². The second-order valence-corrected chi connectivity index (χ2v) is 6.11. The van der Waals surface area contributed by atoms with Gasteiger partial charge in [-0.05, 0) is 41.7 Å². The van der Waals surface area contributed by atoms with Crippen molar-refractivity contribution in [3.05, 3.63) is 77.1 Å². The van der Waals surface area contributed by atoms with Gasteiger partial charge < -0.3 is 10.4 Å². The molecule has 4 heteroatoms. The molecule has 1 heterocycles. The van der Waals surface area contributed by atoms with Crippen molar-refractivity contribution < 1.29 is 14.3 Å². The molecule has 2 aliphatic rings. The minimum absolute atomic E-state index is 0.0257. The third kappa shape index (κ3) is 2.22. The predicted molar refractivity (Wildman–Crippen MR) is 86.2 cm³/mol. The molecule has 23 heavy (non-hydrogen) atoms. The second kappa shape index (κ2) is 5.23. The standard InChI is InChI=1S/C19H16FNO2/c20-16-6-2-5-15-13-3-1-4-14(13)17(21-18(15)16)11-7-9-12(10-8-11)19(22)23/h1-3,5-10,13-14,17,21H,4H2,(H,22,23)/t13-,14+,17-/m0/s1. The first-order chi connectivity index (χ1) is 11.1. The molecule has 2 aromatic rings. The highest BCUT2D eigenvalue weighted by molar-refractivity contribution is 5.87. The van der Waals surface area contributed by atoms with E-state index in [-0.39, 0.29) is 23.3 Å². The van der Waals surface area contributed by atoms with Crippen molar-refractivity contribution in [2.75, 3.05) is 5.32 Å². The summed E-state index contributed by atoms with van der Waals surface area (Å²) < 4.78 is 14.2. The fourth-order valence-corrected chi connectivity index (χ4v) is 3.75. The number of rotatable bonds is 2. The Hall–Kier alpha value is -2.62. The van der Waals surface area contributed by atoms with Gasteiger partial charge in [0.05, 0.1) is 17.3 Å². The zero-order valence-corrected chi connectivity index (χ0v) is 12.4. The Morgan fingerprint density at radius 1 is 1.17 bits per heavy atom. The third-order valence-corrected chi connectivity index (χ3v) is 4.86. The van der Waals surface area contributed by atoms with Crippen LogP contribution in [-0.4, -0.2) is 11.1 Å². The van der Waals surface area contributed by atoms with Crippen LogP contribution in [0.3, 0.4) is 0 Å². The molecule has 116 valence electrons. The van der Waals surface area contributed by atoms with Crippen molar-refractivity contribution in [2.24, 2.45) is 5.92 Å². The molecule has 1 aliphatic carbocycles. The minimum atomic E-state index is -0.940. The summed E-state index contributed by atoms with van der Waals surface area (Å²) in [7, 11) is 0. The Morgan fingerprint density at radius 3 is 2.70 bits per heavy atom. The largest absolute Gasteiger partial charge is 0.478 e. The van der Waals surface area contributed by atoms with E-state index in [4.69, 9.17) is 5.11 Å². The lowest BCUT2D eigenvalue weighted by atomic mass is 9.77. The molecule has 0 unspecified atom stereocenters. The van der Waals surface area contributed by atoms with Crippen molar-refractivity contribution in [3.8, 4) is 0 Å². The fraction of sp³-hybridized carbons (Fsp3) is 0.211. The highest BCUT2D eigenvalue weighted by Gasteiger charge is 2.38. The number of carboxylic acid groups (broad SMARTS) is 1. The summed E-state index contributed by atoms with van der Waals surface area (Å²) in [6.45, 7) is 0. The summed E-state index contributed by atoms with van der Waals surface area (Å²) in [4.78, 5) is 11.0. The van der Waals surface area contributed by atoms with Gasteiger partial charge in [-0.1, -0.05) is 36.4 Å². The molecule has 0 amide bonds. The SMILES string of the molecule is O=C(O)c1ccc([C@@H]2Nc3c(F)cccc3[C@H]3C=CC[C@H]32)cc1. The Labute approximate surface area is 133 Å². The van der Waals surface area contributed by atoms with Crippen LogP contribution in [0.2, 0.25) is 0 Å². The maximum Gasteiger partial charge on any atom is 0.335 e. The third-order valence-electron chi connectivity index (χ3n) is 4.86. The molecule has 0 fully saturated rings. The van der Waals surface area contributed by atoms with Gasteiger partial charge in [0.1, 0.15) is 5.82 Å². The summed E-state index contributed by atoms with van der Waals surface area (Å²) in [6.07, 6.45) is 5.23. The smallest absolute Gasteiger partial charge is 0.335 e.